The average molecular weight is 703 g/mol. The summed E-state index contributed by atoms with van der Waals surface area (Å²) >= 11 is 2.58. The van der Waals surface area contributed by atoms with Gasteiger partial charge in [0.25, 0.3) is 0 Å². The van der Waals surface area contributed by atoms with Crippen LogP contribution in [-0.2, 0) is 98.3 Å². The molecule has 0 saturated heterocycles. The van der Waals surface area contributed by atoms with Crippen molar-refractivity contribution >= 4 is 17.9 Å². The van der Waals surface area contributed by atoms with E-state index in [0.717, 1.165) is 153 Å². The number of unbranched alkanes of at least 4 members (excludes halogenated alkanes) is 3. The van der Waals surface area contributed by atoms with E-state index in [1.165, 1.54) is 0 Å². The van der Waals surface area contributed by atoms with E-state index in [-0.39, 0.29) is 35.7 Å². The number of hydrogen-bond acceptors (Lipinski definition) is 6. The molecule has 0 bridgehead atoms. The zero-order valence-corrected chi connectivity index (χ0v) is 29.0. The molecule has 0 spiro atoms. The van der Waals surface area contributed by atoms with Gasteiger partial charge in [-0.15, -0.1) is 0 Å². The Morgan fingerprint density at radius 1 is 0.515 bits per heavy atom. The summed E-state index contributed by atoms with van der Waals surface area (Å²) in [7, 11) is 0. The third-order valence-electron chi connectivity index (χ3n) is 5.50. The van der Waals surface area contributed by atoms with Crippen molar-refractivity contribution in [2.75, 3.05) is 0 Å². The average Bonchev–Trinajstić information content (AvgIpc) is 2.85. The molecular formula is C24H45O6Zr3. The SMILES string of the molecule is CCCCC(CC)C(=O)[O][Zr].CCCCC(CC)C(=O)[O][Zr].CCCCC(CC)C(=O)[O][Zr]. The molecule has 0 rings (SSSR count). The zero-order chi connectivity index (χ0) is 26.1. The normalized spacial score (nSPS) is 12.5. The standard InChI is InChI=1S/3C8H16O2.3Zr/c3*1-3-5-6-7(4-2)8(9)10;;;/h3*7H,3-6H2,1-2H3,(H,9,10);;;/q;;;3*+1/p-3. The van der Waals surface area contributed by atoms with Gasteiger partial charge in [-0.3, -0.25) is 0 Å². The summed E-state index contributed by atoms with van der Waals surface area (Å²) in [6.45, 7) is 12.5. The molecule has 0 aromatic rings. The van der Waals surface area contributed by atoms with Crippen LogP contribution in [0.4, 0.5) is 0 Å². The Morgan fingerprint density at radius 2 is 0.727 bits per heavy atom. The molecule has 0 aromatic carbocycles. The Hall–Kier alpha value is 1.06. The molecule has 0 aliphatic rings. The van der Waals surface area contributed by atoms with Gasteiger partial charge in [0, 0.05) is 0 Å². The molecule has 6 nitrogen and oxygen atoms in total. The van der Waals surface area contributed by atoms with E-state index in [9.17, 15) is 14.4 Å². The second-order valence-corrected chi connectivity index (χ2v) is 9.51. The van der Waals surface area contributed by atoms with E-state index in [2.05, 4.69) is 20.8 Å². The van der Waals surface area contributed by atoms with E-state index in [0.29, 0.717) is 0 Å². The van der Waals surface area contributed by atoms with Gasteiger partial charge in [-0.05, 0) is 0 Å². The van der Waals surface area contributed by atoms with Crippen molar-refractivity contribution in [2.24, 2.45) is 17.8 Å². The van der Waals surface area contributed by atoms with Gasteiger partial charge in [-0.1, -0.05) is 0 Å². The molecule has 0 aliphatic heterocycles. The maximum absolute atomic E-state index is 11.0. The van der Waals surface area contributed by atoms with Gasteiger partial charge in [0.15, 0.2) is 0 Å². The van der Waals surface area contributed by atoms with Gasteiger partial charge in [-0.2, -0.15) is 0 Å². The first-order valence-electron chi connectivity index (χ1n) is 12.4. The Labute approximate surface area is 250 Å². The predicted octanol–water partition coefficient (Wildman–Crippen LogP) is 6.62. The van der Waals surface area contributed by atoms with Crippen LogP contribution in [0.5, 0.6) is 0 Å². The summed E-state index contributed by atoms with van der Waals surface area (Å²) in [5.41, 5.74) is 0. The Bertz CT molecular complexity index is 411. The van der Waals surface area contributed by atoms with Crippen molar-refractivity contribution in [3.63, 3.8) is 0 Å². The third-order valence-corrected chi connectivity index (χ3v) is 6.98. The summed E-state index contributed by atoms with van der Waals surface area (Å²) < 4.78 is 14.3. The van der Waals surface area contributed by atoms with Crippen LogP contribution in [0, 0.1) is 17.8 Å². The van der Waals surface area contributed by atoms with E-state index in [1.807, 2.05) is 20.8 Å². The first-order valence-corrected chi connectivity index (χ1v) is 15.4. The van der Waals surface area contributed by atoms with Crippen molar-refractivity contribution in [1.29, 1.82) is 0 Å². The third kappa shape index (κ3) is 23.2. The Morgan fingerprint density at radius 3 is 0.848 bits per heavy atom. The number of hydrogen-bond donors (Lipinski definition) is 0. The molecular weight excluding hydrogens is 658 g/mol. The van der Waals surface area contributed by atoms with Gasteiger partial charge in [0.05, 0.1) is 0 Å². The number of carbonyl (C=O) groups is 3. The van der Waals surface area contributed by atoms with E-state index in [1.54, 1.807) is 0 Å². The maximum atomic E-state index is 11.0. The van der Waals surface area contributed by atoms with Crippen LogP contribution in [-0.4, -0.2) is 17.9 Å². The van der Waals surface area contributed by atoms with Gasteiger partial charge in [0.2, 0.25) is 0 Å². The number of rotatable bonds is 15. The zero-order valence-electron chi connectivity index (χ0n) is 21.7. The molecule has 0 fully saturated rings. The minimum atomic E-state index is -0.0147. The quantitative estimate of drug-likeness (QED) is 0.191. The van der Waals surface area contributed by atoms with Crippen LogP contribution in [0.25, 0.3) is 0 Å². The van der Waals surface area contributed by atoms with Crippen LogP contribution in [0.15, 0.2) is 0 Å². The van der Waals surface area contributed by atoms with E-state index < -0.39 is 0 Å². The summed E-state index contributed by atoms with van der Waals surface area (Å²) in [5.74, 6) is 0.398. The first-order chi connectivity index (χ1) is 15.8. The summed E-state index contributed by atoms with van der Waals surface area (Å²) in [6, 6.07) is 0. The van der Waals surface area contributed by atoms with Crippen molar-refractivity contribution in [3.05, 3.63) is 0 Å². The molecule has 3 unspecified atom stereocenters. The van der Waals surface area contributed by atoms with Crippen molar-refractivity contribution < 1.29 is 98.3 Å². The monoisotopic (exact) mass is 699 g/mol. The fourth-order valence-corrected chi connectivity index (χ4v) is 4.30. The molecule has 0 aromatic heterocycles. The van der Waals surface area contributed by atoms with Crippen molar-refractivity contribution in [3.8, 4) is 0 Å². The van der Waals surface area contributed by atoms with Gasteiger partial charge >= 0.3 is 253 Å². The molecule has 0 amide bonds. The predicted molar refractivity (Wildman–Crippen MR) is 118 cm³/mol. The molecule has 9 heteroatoms. The van der Waals surface area contributed by atoms with Crippen LogP contribution in [0.3, 0.4) is 0 Å². The summed E-state index contributed by atoms with van der Waals surface area (Å²) in [6.07, 6.45) is 12.5. The summed E-state index contributed by atoms with van der Waals surface area (Å²) in [4.78, 5) is 33.1. The van der Waals surface area contributed by atoms with Gasteiger partial charge in [-0.25, -0.2) is 0 Å². The Kier molecular flexibility index (Phi) is 34.2. The molecule has 0 radical (unpaired) electrons. The number of carbonyl (C=O) groups excluding carboxylic acids is 3. The van der Waals surface area contributed by atoms with Crippen molar-refractivity contribution in [1.82, 2.24) is 0 Å². The molecule has 33 heavy (non-hydrogen) atoms. The molecule has 0 N–H and O–H groups in total. The second-order valence-electron chi connectivity index (χ2n) is 8.01. The van der Waals surface area contributed by atoms with Crippen LogP contribution >= 0.6 is 0 Å². The fourth-order valence-electron chi connectivity index (χ4n) is 3.07. The fraction of sp³-hybridized carbons (Fsp3) is 0.875. The molecule has 0 heterocycles. The second kappa shape index (κ2) is 29.3. The van der Waals surface area contributed by atoms with E-state index >= 15 is 0 Å². The van der Waals surface area contributed by atoms with Gasteiger partial charge in [0.1, 0.15) is 0 Å². The van der Waals surface area contributed by atoms with Crippen LogP contribution in [0.1, 0.15) is 119 Å². The molecule has 3 atom stereocenters. The van der Waals surface area contributed by atoms with Gasteiger partial charge < -0.3 is 0 Å². The van der Waals surface area contributed by atoms with Crippen LogP contribution < -0.4 is 0 Å². The summed E-state index contributed by atoms with van der Waals surface area (Å²) in [5, 5.41) is 0. The van der Waals surface area contributed by atoms with Crippen LogP contribution in [0.2, 0.25) is 0 Å². The first kappa shape index (κ1) is 38.6. The molecule has 189 valence electrons. The Balaban J connectivity index is -0.000000409. The minimum absolute atomic E-state index is 0.0147. The topological polar surface area (TPSA) is 78.9 Å². The molecule has 0 aliphatic carbocycles. The van der Waals surface area contributed by atoms with Crippen molar-refractivity contribution in [2.45, 2.75) is 119 Å². The molecule has 0 saturated carbocycles. The van der Waals surface area contributed by atoms with E-state index in [4.69, 9.17) is 8.44 Å².